The lowest BCUT2D eigenvalue weighted by atomic mass is 9.99. The van der Waals surface area contributed by atoms with Crippen molar-refractivity contribution >= 4 is 34.8 Å². The first-order chi connectivity index (χ1) is 8.20. The van der Waals surface area contributed by atoms with Crippen molar-refractivity contribution in [3.63, 3.8) is 0 Å². The van der Waals surface area contributed by atoms with E-state index >= 15 is 0 Å². The Labute approximate surface area is 118 Å². The highest BCUT2D eigenvalue weighted by atomic mass is 35.5. The van der Waals surface area contributed by atoms with Crippen molar-refractivity contribution in [1.29, 1.82) is 0 Å². The van der Waals surface area contributed by atoms with Crippen LogP contribution in [0.4, 0.5) is 5.69 Å². The van der Waals surface area contributed by atoms with Gasteiger partial charge in [-0.1, -0.05) is 30.1 Å². The fourth-order valence-electron chi connectivity index (χ4n) is 1.41. The van der Waals surface area contributed by atoms with E-state index in [1.54, 1.807) is 24.1 Å². The van der Waals surface area contributed by atoms with E-state index in [9.17, 15) is 4.79 Å². The topological polar surface area (TPSA) is 46.3 Å². The summed E-state index contributed by atoms with van der Waals surface area (Å²) in [5.74, 6) is -0.120. The van der Waals surface area contributed by atoms with E-state index in [4.69, 9.17) is 28.9 Å². The van der Waals surface area contributed by atoms with Gasteiger partial charge in [-0.15, -0.1) is 0 Å². The van der Waals surface area contributed by atoms with Gasteiger partial charge >= 0.3 is 0 Å². The van der Waals surface area contributed by atoms with Crippen molar-refractivity contribution < 1.29 is 4.79 Å². The number of carbonyl (C=O) groups is 1. The first-order valence-electron chi connectivity index (χ1n) is 5.73. The summed E-state index contributed by atoms with van der Waals surface area (Å²) in [5.41, 5.74) is 6.17. The third-order valence-corrected chi connectivity index (χ3v) is 4.03. The first kappa shape index (κ1) is 15.1. The van der Waals surface area contributed by atoms with Crippen molar-refractivity contribution in [3.05, 3.63) is 27.7 Å². The van der Waals surface area contributed by atoms with Crippen LogP contribution < -0.4 is 5.73 Å². The average molecular weight is 289 g/mol. The number of carbonyl (C=O) groups excluding carboxylic acids is 1. The number of nitrogens with two attached hydrogens (primary N) is 1. The predicted octanol–water partition coefficient (Wildman–Crippen LogP) is 3.84. The molecule has 1 amide bonds. The molecule has 0 spiro atoms. The maximum Gasteiger partial charge on any atom is 0.254 e. The summed E-state index contributed by atoms with van der Waals surface area (Å²) in [6.07, 6.45) is 0.853. The monoisotopic (exact) mass is 288 g/mol. The van der Waals surface area contributed by atoms with Gasteiger partial charge in [0.1, 0.15) is 0 Å². The zero-order valence-corrected chi connectivity index (χ0v) is 12.6. The summed E-state index contributed by atoms with van der Waals surface area (Å²) in [6, 6.07) is 3.10. The number of halogens is 2. The highest BCUT2D eigenvalue weighted by Gasteiger charge is 2.27. The zero-order chi connectivity index (χ0) is 14.1. The smallest absolute Gasteiger partial charge is 0.254 e. The van der Waals surface area contributed by atoms with Gasteiger partial charge in [-0.05, 0) is 32.4 Å². The van der Waals surface area contributed by atoms with Gasteiger partial charge in [0, 0.05) is 18.2 Å². The number of nitrogen functional groups attached to an aromatic ring is 1. The number of anilines is 1. The minimum atomic E-state index is -0.225. The maximum absolute atomic E-state index is 12.3. The highest BCUT2D eigenvalue weighted by Crippen LogP contribution is 2.30. The van der Waals surface area contributed by atoms with Gasteiger partial charge in [0.25, 0.3) is 5.91 Å². The van der Waals surface area contributed by atoms with Crippen molar-refractivity contribution in [2.24, 2.45) is 0 Å². The summed E-state index contributed by atoms with van der Waals surface area (Å²) in [7, 11) is 1.77. The van der Waals surface area contributed by atoms with Gasteiger partial charge in [-0.2, -0.15) is 0 Å². The molecule has 0 unspecified atom stereocenters. The summed E-state index contributed by atoms with van der Waals surface area (Å²) in [5, 5.41) is 0.599. The molecule has 100 valence electrons. The fraction of sp³-hybridized carbons (Fsp3) is 0.462. The predicted molar refractivity (Wildman–Crippen MR) is 77.3 cm³/mol. The van der Waals surface area contributed by atoms with Crippen LogP contribution in [0.2, 0.25) is 10.0 Å². The molecule has 0 aromatic heterocycles. The maximum atomic E-state index is 12.3. The number of nitrogens with zero attached hydrogens (tertiary/aromatic N) is 1. The lowest BCUT2D eigenvalue weighted by Gasteiger charge is -2.35. The van der Waals surface area contributed by atoms with Gasteiger partial charge in [-0.25, -0.2) is 0 Å². The number of amides is 1. The Balaban J connectivity index is 3.12. The molecule has 0 fully saturated rings. The van der Waals surface area contributed by atoms with Crippen LogP contribution in [0.3, 0.4) is 0 Å². The second kappa shape index (κ2) is 5.37. The molecule has 0 atom stereocenters. The lowest BCUT2D eigenvalue weighted by molar-refractivity contribution is 0.0620. The molecule has 0 saturated heterocycles. The molecule has 0 aliphatic carbocycles. The molecule has 0 aliphatic rings. The van der Waals surface area contributed by atoms with E-state index in [1.807, 2.05) is 20.8 Å². The van der Waals surface area contributed by atoms with Crippen LogP contribution in [-0.2, 0) is 0 Å². The molecule has 1 aromatic rings. The van der Waals surface area contributed by atoms with E-state index in [1.165, 1.54) is 0 Å². The van der Waals surface area contributed by atoms with Crippen LogP contribution in [0, 0.1) is 0 Å². The fourth-order valence-corrected chi connectivity index (χ4v) is 1.90. The number of hydrogen-bond donors (Lipinski definition) is 1. The normalized spacial score (nSPS) is 11.4. The Morgan fingerprint density at radius 1 is 1.33 bits per heavy atom. The number of hydrogen-bond acceptors (Lipinski definition) is 2. The molecule has 18 heavy (non-hydrogen) atoms. The van der Waals surface area contributed by atoms with Crippen molar-refractivity contribution in [2.45, 2.75) is 32.7 Å². The summed E-state index contributed by atoms with van der Waals surface area (Å²) in [6.45, 7) is 6.05. The van der Waals surface area contributed by atoms with Gasteiger partial charge in [-0.3, -0.25) is 4.79 Å². The van der Waals surface area contributed by atoms with Crippen LogP contribution in [0.25, 0.3) is 0 Å². The van der Waals surface area contributed by atoms with E-state index < -0.39 is 0 Å². The summed E-state index contributed by atoms with van der Waals surface area (Å²) < 4.78 is 0. The van der Waals surface area contributed by atoms with E-state index in [0.717, 1.165) is 6.42 Å². The van der Waals surface area contributed by atoms with Gasteiger partial charge < -0.3 is 10.6 Å². The number of rotatable bonds is 3. The van der Waals surface area contributed by atoms with Crippen LogP contribution in [0.15, 0.2) is 12.1 Å². The molecular formula is C13H18Cl2N2O. The zero-order valence-electron chi connectivity index (χ0n) is 11.1. The van der Waals surface area contributed by atoms with Crippen LogP contribution >= 0.6 is 23.2 Å². The van der Waals surface area contributed by atoms with E-state index in [0.29, 0.717) is 21.3 Å². The lowest BCUT2D eigenvalue weighted by Crippen LogP contribution is -2.44. The number of benzene rings is 1. The second-order valence-electron chi connectivity index (χ2n) is 4.88. The molecule has 5 heteroatoms. The molecule has 1 rings (SSSR count). The van der Waals surface area contributed by atoms with Crippen molar-refractivity contribution in [3.8, 4) is 0 Å². The largest absolute Gasteiger partial charge is 0.396 e. The van der Waals surface area contributed by atoms with Gasteiger partial charge in [0.15, 0.2) is 0 Å². The summed E-state index contributed by atoms with van der Waals surface area (Å²) >= 11 is 11.9. The molecule has 0 radical (unpaired) electrons. The molecule has 3 nitrogen and oxygen atoms in total. The second-order valence-corrected chi connectivity index (χ2v) is 5.70. The highest BCUT2D eigenvalue weighted by molar-refractivity contribution is 6.39. The van der Waals surface area contributed by atoms with Crippen molar-refractivity contribution in [1.82, 2.24) is 4.90 Å². The molecule has 0 bridgehead atoms. The Kier molecular flexibility index (Phi) is 4.51. The van der Waals surface area contributed by atoms with Gasteiger partial charge in [0.05, 0.1) is 15.7 Å². The molecule has 2 N–H and O–H groups in total. The minimum Gasteiger partial charge on any atom is -0.396 e. The SMILES string of the molecule is CCC(C)(C)N(C)C(=O)c1cc(Cl)c(N)c(Cl)c1. The molecule has 1 aromatic carbocycles. The minimum absolute atomic E-state index is 0.120. The van der Waals surface area contributed by atoms with Gasteiger partial charge in [0.2, 0.25) is 0 Å². The Hall–Kier alpha value is -0.930. The van der Waals surface area contributed by atoms with Crippen LogP contribution in [0.1, 0.15) is 37.6 Å². The Morgan fingerprint density at radius 2 is 1.78 bits per heavy atom. The van der Waals surface area contributed by atoms with Crippen LogP contribution in [-0.4, -0.2) is 23.4 Å². The van der Waals surface area contributed by atoms with E-state index in [-0.39, 0.29) is 11.4 Å². The first-order valence-corrected chi connectivity index (χ1v) is 6.49. The molecule has 0 heterocycles. The quantitative estimate of drug-likeness (QED) is 0.859. The molecule has 0 aliphatic heterocycles. The average Bonchev–Trinajstić information content (AvgIpc) is 2.33. The standard InChI is InChI=1S/C13H18Cl2N2O/c1-5-13(2,3)17(4)12(18)8-6-9(14)11(16)10(15)7-8/h6-7H,5,16H2,1-4H3. The van der Waals surface area contributed by atoms with Crippen LogP contribution in [0.5, 0.6) is 0 Å². The Morgan fingerprint density at radius 3 is 2.17 bits per heavy atom. The molecular weight excluding hydrogens is 271 g/mol. The summed E-state index contributed by atoms with van der Waals surface area (Å²) in [4.78, 5) is 14.0. The third-order valence-electron chi connectivity index (χ3n) is 3.40. The Bertz CT molecular complexity index is 449. The van der Waals surface area contributed by atoms with Crippen molar-refractivity contribution in [2.75, 3.05) is 12.8 Å². The third kappa shape index (κ3) is 2.90. The van der Waals surface area contributed by atoms with E-state index in [2.05, 4.69) is 0 Å². The molecule has 0 saturated carbocycles.